The van der Waals surface area contributed by atoms with Gasteiger partial charge in [-0.3, -0.25) is 4.79 Å². The number of amides is 1. The average molecular weight is 283 g/mol. The van der Waals surface area contributed by atoms with Crippen LogP contribution < -0.4 is 11.1 Å². The van der Waals surface area contributed by atoms with E-state index in [4.69, 9.17) is 17.3 Å². The third-order valence-electron chi connectivity index (χ3n) is 3.52. The van der Waals surface area contributed by atoms with Gasteiger partial charge in [-0.25, -0.2) is 4.98 Å². The first-order valence-electron chi connectivity index (χ1n) is 6.47. The molecular weight excluding hydrogens is 264 g/mol. The van der Waals surface area contributed by atoms with Crippen LogP contribution in [0.3, 0.4) is 0 Å². The molecule has 0 saturated carbocycles. The Bertz CT molecular complexity index is 466. The second kappa shape index (κ2) is 6.21. The fraction of sp³-hybridized carbons (Fsp3) is 0.538. The highest BCUT2D eigenvalue weighted by Crippen LogP contribution is 2.17. The molecule has 19 heavy (non-hydrogen) atoms. The van der Waals surface area contributed by atoms with Crippen LogP contribution in [0.1, 0.15) is 29.6 Å². The number of halogens is 1. The second-order valence-corrected chi connectivity index (χ2v) is 5.31. The number of rotatable bonds is 3. The van der Waals surface area contributed by atoms with Gasteiger partial charge in [0.2, 0.25) is 0 Å². The van der Waals surface area contributed by atoms with Crippen molar-refractivity contribution in [3.05, 3.63) is 23.0 Å². The number of piperidine rings is 1. The summed E-state index contributed by atoms with van der Waals surface area (Å²) in [4.78, 5) is 18.2. The van der Waals surface area contributed by atoms with Crippen molar-refractivity contribution in [2.75, 3.05) is 25.9 Å². The molecule has 1 unspecified atom stereocenters. The lowest BCUT2D eigenvalue weighted by molar-refractivity contribution is 0.0928. The topological polar surface area (TPSA) is 71.2 Å². The maximum atomic E-state index is 12.1. The lowest BCUT2D eigenvalue weighted by Crippen LogP contribution is -2.44. The first kappa shape index (κ1) is 14.1. The van der Waals surface area contributed by atoms with Crippen molar-refractivity contribution in [1.29, 1.82) is 0 Å². The largest absolute Gasteiger partial charge is 0.397 e. The Morgan fingerprint density at radius 1 is 1.63 bits per heavy atom. The molecule has 1 amide bonds. The molecule has 1 aromatic rings. The van der Waals surface area contributed by atoms with E-state index in [1.54, 1.807) is 6.07 Å². The monoisotopic (exact) mass is 282 g/mol. The molecule has 0 bridgehead atoms. The lowest BCUT2D eigenvalue weighted by atomic mass is 10.0. The molecule has 6 heteroatoms. The summed E-state index contributed by atoms with van der Waals surface area (Å²) < 4.78 is 0. The lowest BCUT2D eigenvalue weighted by Gasteiger charge is -2.32. The summed E-state index contributed by atoms with van der Waals surface area (Å²) >= 11 is 5.90. The van der Waals surface area contributed by atoms with Crippen molar-refractivity contribution in [3.8, 4) is 0 Å². The minimum Gasteiger partial charge on any atom is -0.397 e. The zero-order valence-corrected chi connectivity index (χ0v) is 11.8. The number of nitrogens with one attached hydrogen (secondary N) is 1. The van der Waals surface area contributed by atoms with Gasteiger partial charge in [0.15, 0.2) is 0 Å². The van der Waals surface area contributed by atoms with E-state index in [1.165, 1.54) is 19.0 Å². The second-order valence-electron chi connectivity index (χ2n) is 4.95. The fourth-order valence-electron chi connectivity index (χ4n) is 2.33. The molecular formula is C13H19ClN4O. The van der Waals surface area contributed by atoms with Gasteiger partial charge >= 0.3 is 0 Å². The molecule has 2 rings (SSSR count). The SMILES string of the molecule is CN1CCCCC1CNC(=O)c1cc(N)cnc1Cl. The van der Waals surface area contributed by atoms with Crippen LogP contribution >= 0.6 is 11.6 Å². The Labute approximate surface area is 118 Å². The van der Waals surface area contributed by atoms with Crippen molar-refractivity contribution in [2.45, 2.75) is 25.3 Å². The zero-order chi connectivity index (χ0) is 13.8. The summed E-state index contributed by atoms with van der Waals surface area (Å²) in [6.45, 7) is 1.71. The summed E-state index contributed by atoms with van der Waals surface area (Å²) in [5, 5.41) is 3.09. The van der Waals surface area contributed by atoms with Gasteiger partial charge in [-0.15, -0.1) is 0 Å². The molecule has 1 aliphatic heterocycles. The quantitative estimate of drug-likeness (QED) is 0.825. The third-order valence-corrected chi connectivity index (χ3v) is 3.83. The summed E-state index contributed by atoms with van der Waals surface area (Å²) in [6.07, 6.45) is 4.99. The van der Waals surface area contributed by atoms with Crippen molar-refractivity contribution in [2.24, 2.45) is 0 Å². The molecule has 0 aliphatic carbocycles. The van der Waals surface area contributed by atoms with Crippen LogP contribution in [0.15, 0.2) is 12.3 Å². The van der Waals surface area contributed by atoms with E-state index in [2.05, 4.69) is 22.2 Å². The highest BCUT2D eigenvalue weighted by atomic mass is 35.5. The Hall–Kier alpha value is -1.33. The number of pyridine rings is 1. The number of carbonyl (C=O) groups excluding carboxylic acids is 1. The van der Waals surface area contributed by atoms with E-state index in [-0.39, 0.29) is 11.1 Å². The molecule has 5 nitrogen and oxygen atoms in total. The van der Waals surface area contributed by atoms with E-state index in [0.717, 1.165) is 13.0 Å². The van der Waals surface area contributed by atoms with Crippen LogP contribution in [-0.2, 0) is 0 Å². The number of aromatic nitrogens is 1. The van der Waals surface area contributed by atoms with E-state index in [0.29, 0.717) is 23.8 Å². The van der Waals surface area contributed by atoms with Crippen molar-refractivity contribution in [1.82, 2.24) is 15.2 Å². The number of hydrogen-bond acceptors (Lipinski definition) is 4. The van der Waals surface area contributed by atoms with Crippen molar-refractivity contribution in [3.63, 3.8) is 0 Å². The van der Waals surface area contributed by atoms with Crippen LogP contribution in [-0.4, -0.2) is 42.0 Å². The smallest absolute Gasteiger partial charge is 0.254 e. The Kier molecular flexibility index (Phi) is 4.61. The number of likely N-dealkylation sites (N-methyl/N-ethyl adjacent to an activating group) is 1. The summed E-state index contributed by atoms with van der Waals surface area (Å²) in [6, 6.07) is 1.94. The average Bonchev–Trinajstić information content (AvgIpc) is 2.40. The standard InChI is InChI=1S/C13H19ClN4O/c1-18-5-3-2-4-10(18)8-17-13(19)11-6-9(15)7-16-12(11)14/h6-7,10H,2-5,8,15H2,1H3,(H,17,19). The van der Waals surface area contributed by atoms with Crippen molar-refractivity contribution < 1.29 is 4.79 Å². The molecule has 1 aliphatic rings. The third kappa shape index (κ3) is 3.58. The van der Waals surface area contributed by atoms with E-state index in [1.807, 2.05) is 0 Å². The number of hydrogen-bond donors (Lipinski definition) is 2. The first-order valence-corrected chi connectivity index (χ1v) is 6.85. The van der Waals surface area contributed by atoms with E-state index in [9.17, 15) is 4.79 Å². The van der Waals surface area contributed by atoms with Gasteiger partial charge < -0.3 is 16.0 Å². The molecule has 1 aromatic heterocycles. The van der Waals surface area contributed by atoms with Gasteiger partial charge in [0.25, 0.3) is 5.91 Å². The van der Waals surface area contributed by atoms with Gasteiger partial charge in [-0.2, -0.15) is 0 Å². The normalized spacial score (nSPS) is 20.2. The molecule has 2 heterocycles. The van der Waals surface area contributed by atoms with Gasteiger partial charge in [-0.05, 0) is 32.5 Å². The number of carbonyl (C=O) groups is 1. The maximum absolute atomic E-state index is 12.1. The number of nitrogens with two attached hydrogens (primary N) is 1. The number of nitrogen functional groups attached to an aromatic ring is 1. The van der Waals surface area contributed by atoms with Gasteiger partial charge in [0, 0.05) is 12.6 Å². The number of anilines is 1. The predicted octanol–water partition coefficient (Wildman–Crippen LogP) is 1.53. The van der Waals surface area contributed by atoms with Crippen LogP contribution in [0.2, 0.25) is 5.15 Å². The number of likely N-dealkylation sites (tertiary alicyclic amines) is 1. The fourth-order valence-corrected chi connectivity index (χ4v) is 2.52. The van der Waals surface area contributed by atoms with Crippen LogP contribution in [0.5, 0.6) is 0 Å². The Morgan fingerprint density at radius 2 is 2.42 bits per heavy atom. The molecule has 0 spiro atoms. The summed E-state index contributed by atoms with van der Waals surface area (Å²) in [7, 11) is 2.09. The predicted molar refractivity (Wildman–Crippen MR) is 76.3 cm³/mol. The molecule has 1 saturated heterocycles. The molecule has 0 radical (unpaired) electrons. The molecule has 104 valence electrons. The van der Waals surface area contributed by atoms with Gasteiger partial charge in [0.05, 0.1) is 17.4 Å². The highest BCUT2D eigenvalue weighted by Gasteiger charge is 2.20. The molecule has 0 aromatic carbocycles. The van der Waals surface area contributed by atoms with Crippen LogP contribution in [0.25, 0.3) is 0 Å². The van der Waals surface area contributed by atoms with E-state index >= 15 is 0 Å². The van der Waals surface area contributed by atoms with E-state index < -0.39 is 0 Å². The summed E-state index contributed by atoms with van der Waals surface area (Å²) in [5.41, 5.74) is 6.38. The maximum Gasteiger partial charge on any atom is 0.254 e. The molecule has 1 atom stereocenters. The Balaban J connectivity index is 1.95. The minimum absolute atomic E-state index is 0.184. The van der Waals surface area contributed by atoms with Gasteiger partial charge in [-0.1, -0.05) is 18.0 Å². The van der Waals surface area contributed by atoms with Crippen LogP contribution in [0, 0.1) is 0 Å². The zero-order valence-electron chi connectivity index (χ0n) is 11.0. The van der Waals surface area contributed by atoms with Gasteiger partial charge in [0.1, 0.15) is 5.15 Å². The Morgan fingerprint density at radius 3 is 3.16 bits per heavy atom. The minimum atomic E-state index is -0.219. The molecule has 1 fully saturated rings. The highest BCUT2D eigenvalue weighted by molar-refractivity contribution is 6.32. The number of nitrogens with zero attached hydrogens (tertiary/aromatic N) is 2. The van der Waals surface area contributed by atoms with Crippen molar-refractivity contribution >= 4 is 23.2 Å². The summed E-state index contributed by atoms with van der Waals surface area (Å²) in [5.74, 6) is -0.219. The molecule has 3 N–H and O–H groups in total. The first-order chi connectivity index (χ1) is 9.08. The van der Waals surface area contributed by atoms with Crippen LogP contribution in [0.4, 0.5) is 5.69 Å².